The molecule has 0 aliphatic carbocycles. The minimum atomic E-state index is -0.381. The van der Waals surface area contributed by atoms with Crippen molar-refractivity contribution in [2.24, 2.45) is 0 Å². The third kappa shape index (κ3) is 6.23. The molecule has 0 radical (unpaired) electrons. The summed E-state index contributed by atoms with van der Waals surface area (Å²) in [5.41, 5.74) is 4.33. The van der Waals surface area contributed by atoms with E-state index in [0.29, 0.717) is 17.2 Å². The fourth-order valence-electron chi connectivity index (χ4n) is 4.56. The summed E-state index contributed by atoms with van der Waals surface area (Å²) in [4.78, 5) is 27.5. The zero-order valence-electron chi connectivity index (χ0n) is 20.0. The van der Waals surface area contributed by atoms with Crippen molar-refractivity contribution in [1.29, 1.82) is 0 Å². The lowest BCUT2D eigenvalue weighted by molar-refractivity contribution is -0.120. The predicted octanol–water partition coefficient (Wildman–Crippen LogP) is 5.96. The molecule has 1 unspecified atom stereocenters. The molecule has 3 aromatic carbocycles. The van der Waals surface area contributed by atoms with Crippen LogP contribution in [0.15, 0.2) is 72.8 Å². The summed E-state index contributed by atoms with van der Waals surface area (Å²) in [5, 5.41) is 3.85. The lowest BCUT2D eigenvalue weighted by Crippen LogP contribution is -2.34. The van der Waals surface area contributed by atoms with Gasteiger partial charge in [0.25, 0.3) is 0 Å². The van der Waals surface area contributed by atoms with E-state index in [1.54, 1.807) is 31.2 Å². The van der Waals surface area contributed by atoms with Crippen LogP contribution in [0.1, 0.15) is 59.3 Å². The van der Waals surface area contributed by atoms with Crippen molar-refractivity contribution in [2.45, 2.75) is 38.6 Å². The number of anilines is 1. The topological polar surface area (TPSA) is 58.6 Å². The number of hydrogen-bond donors (Lipinski definition) is 1. The van der Waals surface area contributed by atoms with Crippen LogP contribution in [-0.4, -0.2) is 31.6 Å². The van der Waals surface area contributed by atoms with E-state index in [-0.39, 0.29) is 24.3 Å². The lowest BCUT2D eigenvalue weighted by Gasteiger charge is -2.33. The van der Waals surface area contributed by atoms with Crippen LogP contribution in [0.3, 0.4) is 0 Å². The Morgan fingerprint density at radius 1 is 0.914 bits per heavy atom. The van der Waals surface area contributed by atoms with Crippen molar-refractivity contribution in [2.75, 3.05) is 24.6 Å². The van der Waals surface area contributed by atoms with Crippen molar-refractivity contribution in [3.05, 3.63) is 100 Å². The summed E-state index contributed by atoms with van der Waals surface area (Å²) in [5.74, 6) is -0.483. The van der Waals surface area contributed by atoms with Gasteiger partial charge in [0.05, 0.1) is 24.6 Å². The number of nitrogens with zero attached hydrogens (tertiary/aromatic N) is 1. The smallest absolute Gasteiger partial charge is 0.338 e. The molecule has 0 spiro atoms. The first-order valence-electron chi connectivity index (χ1n) is 12.2. The number of carbonyl (C=O) groups excluding carboxylic acids is 2. The quantitative estimate of drug-likeness (QED) is 0.396. The third-order valence-electron chi connectivity index (χ3n) is 6.30. The molecule has 1 amide bonds. The molecular weight excluding hydrogens is 460 g/mol. The Balaban J connectivity index is 1.59. The third-order valence-corrected chi connectivity index (χ3v) is 6.64. The van der Waals surface area contributed by atoms with Crippen LogP contribution in [-0.2, 0) is 16.0 Å². The van der Waals surface area contributed by atoms with E-state index in [1.165, 1.54) is 19.3 Å². The highest BCUT2D eigenvalue weighted by molar-refractivity contribution is 6.31. The van der Waals surface area contributed by atoms with Gasteiger partial charge in [-0.2, -0.15) is 0 Å². The van der Waals surface area contributed by atoms with Crippen LogP contribution < -0.4 is 10.2 Å². The number of para-hydroxylation sites is 1. The molecule has 182 valence electrons. The molecule has 5 nitrogen and oxygen atoms in total. The van der Waals surface area contributed by atoms with Gasteiger partial charge in [-0.3, -0.25) is 4.79 Å². The van der Waals surface area contributed by atoms with Crippen molar-refractivity contribution in [1.82, 2.24) is 5.32 Å². The first-order chi connectivity index (χ1) is 17.1. The monoisotopic (exact) mass is 490 g/mol. The summed E-state index contributed by atoms with van der Waals surface area (Å²) >= 11 is 6.61. The number of rotatable bonds is 8. The van der Waals surface area contributed by atoms with Gasteiger partial charge in [0.2, 0.25) is 5.91 Å². The Labute approximate surface area is 212 Å². The molecule has 0 saturated carbocycles. The minimum Gasteiger partial charge on any atom is -0.462 e. The summed E-state index contributed by atoms with van der Waals surface area (Å²) in [6.07, 6.45) is 3.77. The van der Waals surface area contributed by atoms with E-state index in [1.807, 2.05) is 36.4 Å². The number of halogens is 1. The first kappa shape index (κ1) is 24.8. The number of hydrogen-bond acceptors (Lipinski definition) is 4. The molecule has 35 heavy (non-hydrogen) atoms. The zero-order valence-corrected chi connectivity index (χ0v) is 20.8. The second kappa shape index (κ2) is 11.9. The average Bonchev–Trinajstić information content (AvgIpc) is 2.89. The molecule has 6 heteroatoms. The Hall–Kier alpha value is -3.31. The Kier molecular flexibility index (Phi) is 8.43. The molecule has 0 aromatic heterocycles. The molecule has 1 saturated heterocycles. The minimum absolute atomic E-state index is 0.118. The van der Waals surface area contributed by atoms with Crippen LogP contribution in [0, 0.1) is 0 Å². The number of nitrogens with one attached hydrogen (secondary N) is 1. The number of ether oxygens (including phenoxy) is 1. The number of amides is 1. The first-order valence-corrected chi connectivity index (χ1v) is 12.6. The standard InChI is InChI=1S/C29H31ClN2O3/c1-2-35-29(34)22-16-14-21(15-17-22)20-27(33)31-28(23-10-4-6-12-25(23)30)24-11-5-7-13-26(24)32-18-8-3-9-19-32/h4-7,10-17,28H,2-3,8-9,18-20H2,1H3,(H,31,33). The van der Waals surface area contributed by atoms with Gasteiger partial charge >= 0.3 is 5.97 Å². The van der Waals surface area contributed by atoms with Gasteiger partial charge in [-0.15, -0.1) is 0 Å². The summed E-state index contributed by atoms with van der Waals surface area (Å²) in [6, 6.07) is 22.5. The summed E-state index contributed by atoms with van der Waals surface area (Å²) in [7, 11) is 0. The fraction of sp³-hybridized carbons (Fsp3) is 0.310. The Morgan fingerprint density at radius 2 is 1.57 bits per heavy atom. The Bertz CT molecular complexity index is 1160. The molecule has 4 rings (SSSR count). The fourth-order valence-corrected chi connectivity index (χ4v) is 4.80. The van der Waals surface area contributed by atoms with Gasteiger partial charge < -0.3 is 15.0 Å². The number of benzene rings is 3. The molecule has 1 atom stereocenters. The van der Waals surface area contributed by atoms with Gasteiger partial charge in [0.15, 0.2) is 0 Å². The molecule has 3 aromatic rings. The van der Waals surface area contributed by atoms with E-state index in [4.69, 9.17) is 16.3 Å². The predicted molar refractivity (Wildman–Crippen MR) is 140 cm³/mol. The lowest BCUT2D eigenvalue weighted by atomic mass is 9.95. The molecule has 0 bridgehead atoms. The van der Waals surface area contributed by atoms with E-state index >= 15 is 0 Å². The molecule has 1 heterocycles. The SMILES string of the molecule is CCOC(=O)c1ccc(CC(=O)NC(c2ccccc2Cl)c2ccccc2N2CCCCC2)cc1. The molecule has 1 aliphatic heterocycles. The van der Waals surface area contributed by atoms with Gasteiger partial charge in [-0.05, 0) is 61.6 Å². The summed E-state index contributed by atoms with van der Waals surface area (Å²) in [6.45, 7) is 4.11. The van der Waals surface area contributed by atoms with Crippen LogP contribution in [0.4, 0.5) is 5.69 Å². The van der Waals surface area contributed by atoms with E-state index in [0.717, 1.165) is 35.5 Å². The van der Waals surface area contributed by atoms with Crippen molar-refractivity contribution < 1.29 is 14.3 Å². The highest BCUT2D eigenvalue weighted by Crippen LogP contribution is 2.35. The van der Waals surface area contributed by atoms with Crippen LogP contribution in [0.5, 0.6) is 0 Å². The molecular formula is C29H31ClN2O3. The second-order valence-corrected chi connectivity index (χ2v) is 9.13. The Morgan fingerprint density at radius 3 is 2.26 bits per heavy atom. The van der Waals surface area contributed by atoms with E-state index in [2.05, 4.69) is 22.3 Å². The maximum Gasteiger partial charge on any atom is 0.338 e. The van der Waals surface area contributed by atoms with Crippen LogP contribution in [0.2, 0.25) is 5.02 Å². The van der Waals surface area contributed by atoms with E-state index < -0.39 is 0 Å². The zero-order chi connectivity index (χ0) is 24.6. The number of esters is 1. The van der Waals surface area contributed by atoms with Crippen LogP contribution >= 0.6 is 11.6 Å². The van der Waals surface area contributed by atoms with Gasteiger partial charge in [-0.25, -0.2) is 4.79 Å². The molecule has 1 N–H and O–H groups in total. The van der Waals surface area contributed by atoms with Crippen molar-refractivity contribution in [3.8, 4) is 0 Å². The normalized spacial score (nSPS) is 14.3. The molecule has 1 aliphatic rings. The van der Waals surface area contributed by atoms with Gasteiger partial charge in [0, 0.05) is 29.4 Å². The van der Waals surface area contributed by atoms with Crippen LogP contribution in [0.25, 0.3) is 0 Å². The highest BCUT2D eigenvalue weighted by Gasteiger charge is 2.24. The highest BCUT2D eigenvalue weighted by atomic mass is 35.5. The van der Waals surface area contributed by atoms with Crippen molar-refractivity contribution in [3.63, 3.8) is 0 Å². The van der Waals surface area contributed by atoms with Gasteiger partial charge in [0.1, 0.15) is 0 Å². The number of piperidine rings is 1. The van der Waals surface area contributed by atoms with Crippen molar-refractivity contribution >= 4 is 29.2 Å². The average molecular weight is 491 g/mol. The maximum atomic E-state index is 13.2. The second-order valence-electron chi connectivity index (χ2n) is 8.72. The number of carbonyl (C=O) groups is 2. The van der Waals surface area contributed by atoms with Gasteiger partial charge in [-0.1, -0.05) is 60.1 Å². The molecule has 1 fully saturated rings. The summed E-state index contributed by atoms with van der Waals surface area (Å²) < 4.78 is 5.04. The maximum absolute atomic E-state index is 13.2. The largest absolute Gasteiger partial charge is 0.462 e. The van der Waals surface area contributed by atoms with E-state index in [9.17, 15) is 9.59 Å².